The second kappa shape index (κ2) is 3.10. The van der Waals surface area contributed by atoms with Gasteiger partial charge in [-0.05, 0) is 13.0 Å². The fourth-order valence-corrected chi connectivity index (χ4v) is 1.56. The highest BCUT2D eigenvalue weighted by Crippen LogP contribution is 2.20. The molecule has 0 aliphatic carbocycles. The Balaban J connectivity index is 2.46. The number of hydrogen-bond acceptors (Lipinski definition) is 5. The molecule has 2 aromatic rings. The van der Waals surface area contributed by atoms with Crippen molar-refractivity contribution in [2.24, 2.45) is 0 Å². The highest BCUT2D eigenvalue weighted by molar-refractivity contribution is 7.13. The van der Waals surface area contributed by atoms with Gasteiger partial charge in [-0.1, -0.05) is 0 Å². The highest BCUT2D eigenvalue weighted by atomic mass is 32.1. The first-order valence-electron chi connectivity index (χ1n) is 3.77. The predicted octanol–water partition coefficient (Wildman–Crippen LogP) is 1.49. The minimum absolute atomic E-state index is 0.561. The van der Waals surface area contributed by atoms with Gasteiger partial charge in [-0.2, -0.15) is 0 Å². The number of anilines is 1. The fourth-order valence-electron chi connectivity index (χ4n) is 1.00. The normalized spacial score (nSPS) is 10.2. The average molecular weight is 192 g/mol. The first kappa shape index (κ1) is 8.12. The molecule has 0 amide bonds. The number of aryl methyl sites for hydroxylation is 1. The van der Waals surface area contributed by atoms with Crippen LogP contribution in [-0.4, -0.2) is 15.0 Å². The van der Waals surface area contributed by atoms with Crippen molar-refractivity contribution in [1.29, 1.82) is 0 Å². The van der Waals surface area contributed by atoms with E-state index in [4.69, 9.17) is 5.73 Å². The predicted molar refractivity (Wildman–Crippen MR) is 52.3 cm³/mol. The van der Waals surface area contributed by atoms with Gasteiger partial charge in [0.05, 0.1) is 5.69 Å². The third kappa shape index (κ3) is 1.65. The molecule has 2 rings (SSSR count). The Morgan fingerprint density at radius 3 is 2.77 bits per heavy atom. The number of nitrogen functional groups attached to an aromatic ring is 1. The molecule has 0 fully saturated rings. The van der Waals surface area contributed by atoms with Gasteiger partial charge < -0.3 is 5.73 Å². The molecule has 0 aliphatic rings. The van der Waals surface area contributed by atoms with Gasteiger partial charge in [0.1, 0.15) is 11.5 Å². The van der Waals surface area contributed by atoms with Crippen molar-refractivity contribution in [3.8, 4) is 11.4 Å². The van der Waals surface area contributed by atoms with Crippen LogP contribution in [0.25, 0.3) is 11.4 Å². The van der Waals surface area contributed by atoms with Crippen LogP contribution in [0.15, 0.2) is 17.6 Å². The molecule has 0 saturated heterocycles. The molecule has 0 saturated carbocycles. The number of nitrogens with two attached hydrogens (primary N) is 1. The topological polar surface area (TPSA) is 64.7 Å². The maximum Gasteiger partial charge on any atom is 0.180 e. The lowest BCUT2D eigenvalue weighted by Gasteiger charge is -1.95. The molecular weight excluding hydrogens is 184 g/mol. The first-order chi connectivity index (χ1) is 6.25. The Bertz CT molecular complexity index is 424. The molecule has 5 heteroatoms. The van der Waals surface area contributed by atoms with Crippen molar-refractivity contribution < 1.29 is 0 Å². The summed E-state index contributed by atoms with van der Waals surface area (Å²) >= 11 is 1.41. The number of rotatable bonds is 1. The Kier molecular flexibility index (Phi) is 1.94. The minimum Gasteiger partial charge on any atom is -0.375 e. The van der Waals surface area contributed by atoms with E-state index < -0.39 is 0 Å². The molecule has 66 valence electrons. The molecule has 2 aromatic heterocycles. The third-order valence-corrected chi connectivity index (χ3v) is 2.23. The van der Waals surface area contributed by atoms with Crippen LogP contribution in [0.3, 0.4) is 0 Å². The summed E-state index contributed by atoms with van der Waals surface area (Å²) in [7, 11) is 0. The molecule has 0 bridgehead atoms. The quantitative estimate of drug-likeness (QED) is 0.743. The summed E-state index contributed by atoms with van der Waals surface area (Å²) in [5.41, 5.74) is 7.15. The van der Waals surface area contributed by atoms with Gasteiger partial charge in [0.25, 0.3) is 0 Å². The second-order valence-corrected chi connectivity index (χ2v) is 3.45. The van der Waals surface area contributed by atoms with Gasteiger partial charge in [-0.15, -0.1) is 11.3 Å². The summed E-state index contributed by atoms with van der Waals surface area (Å²) in [6.45, 7) is 1.85. The van der Waals surface area contributed by atoms with E-state index in [0.29, 0.717) is 5.13 Å². The van der Waals surface area contributed by atoms with E-state index in [1.54, 1.807) is 6.20 Å². The van der Waals surface area contributed by atoms with Crippen LogP contribution in [-0.2, 0) is 0 Å². The number of aromatic nitrogens is 3. The summed E-state index contributed by atoms with van der Waals surface area (Å²) in [6, 6.07) is 1.82. The van der Waals surface area contributed by atoms with Gasteiger partial charge in [-0.3, -0.25) is 0 Å². The van der Waals surface area contributed by atoms with Crippen LogP contribution in [0.1, 0.15) is 5.82 Å². The fraction of sp³-hybridized carbons (Fsp3) is 0.125. The highest BCUT2D eigenvalue weighted by Gasteiger charge is 2.03. The Hall–Kier alpha value is -1.49. The van der Waals surface area contributed by atoms with Crippen molar-refractivity contribution in [1.82, 2.24) is 15.0 Å². The van der Waals surface area contributed by atoms with Crippen LogP contribution in [0.2, 0.25) is 0 Å². The summed E-state index contributed by atoms with van der Waals surface area (Å²) in [4.78, 5) is 12.4. The van der Waals surface area contributed by atoms with Gasteiger partial charge in [0, 0.05) is 11.6 Å². The third-order valence-electron chi connectivity index (χ3n) is 1.56. The first-order valence-corrected chi connectivity index (χ1v) is 4.65. The van der Waals surface area contributed by atoms with Crippen LogP contribution in [0.4, 0.5) is 5.13 Å². The smallest absolute Gasteiger partial charge is 0.180 e. The molecule has 13 heavy (non-hydrogen) atoms. The number of thiazole rings is 1. The summed E-state index contributed by atoms with van der Waals surface area (Å²) in [6.07, 6.45) is 1.72. The molecule has 0 atom stereocenters. The van der Waals surface area contributed by atoms with E-state index in [-0.39, 0.29) is 0 Å². The Labute approximate surface area is 79.5 Å². The van der Waals surface area contributed by atoms with Crippen molar-refractivity contribution >= 4 is 16.5 Å². The lowest BCUT2D eigenvalue weighted by molar-refractivity contribution is 1.05. The van der Waals surface area contributed by atoms with Crippen LogP contribution in [0, 0.1) is 6.92 Å². The lowest BCUT2D eigenvalue weighted by atomic mass is 10.3. The van der Waals surface area contributed by atoms with E-state index in [9.17, 15) is 0 Å². The van der Waals surface area contributed by atoms with Gasteiger partial charge in [0.2, 0.25) is 0 Å². The van der Waals surface area contributed by atoms with Crippen molar-refractivity contribution in [2.45, 2.75) is 6.92 Å². The number of nitrogens with zero attached hydrogens (tertiary/aromatic N) is 3. The molecule has 4 nitrogen and oxygen atoms in total. The SMILES string of the molecule is Cc1nccc(-c2csc(N)n2)n1. The molecule has 2 heterocycles. The minimum atomic E-state index is 0.561. The molecule has 2 N–H and O–H groups in total. The van der Waals surface area contributed by atoms with Crippen molar-refractivity contribution in [3.05, 3.63) is 23.5 Å². The summed E-state index contributed by atoms with van der Waals surface area (Å²) < 4.78 is 0. The van der Waals surface area contributed by atoms with E-state index in [2.05, 4.69) is 15.0 Å². The van der Waals surface area contributed by atoms with Crippen LogP contribution < -0.4 is 5.73 Å². The lowest BCUT2D eigenvalue weighted by Crippen LogP contribution is -1.90. The largest absolute Gasteiger partial charge is 0.375 e. The second-order valence-electron chi connectivity index (χ2n) is 2.56. The zero-order valence-electron chi connectivity index (χ0n) is 7.06. The maximum atomic E-state index is 5.52. The van der Waals surface area contributed by atoms with Gasteiger partial charge in [0.15, 0.2) is 5.13 Å². The van der Waals surface area contributed by atoms with Crippen LogP contribution >= 0.6 is 11.3 Å². The molecule has 0 aromatic carbocycles. The zero-order chi connectivity index (χ0) is 9.26. The Morgan fingerprint density at radius 1 is 1.31 bits per heavy atom. The molecule has 0 radical (unpaired) electrons. The van der Waals surface area contributed by atoms with E-state index in [0.717, 1.165) is 17.2 Å². The van der Waals surface area contributed by atoms with E-state index >= 15 is 0 Å². The van der Waals surface area contributed by atoms with Crippen LogP contribution in [0.5, 0.6) is 0 Å². The van der Waals surface area contributed by atoms with Gasteiger partial charge >= 0.3 is 0 Å². The van der Waals surface area contributed by atoms with Gasteiger partial charge in [-0.25, -0.2) is 15.0 Å². The average Bonchev–Trinajstić information content (AvgIpc) is 2.52. The van der Waals surface area contributed by atoms with E-state index in [1.807, 2.05) is 18.4 Å². The summed E-state index contributed by atoms with van der Waals surface area (Å²) in [5, 5.41) is 2.45. The van der Waals surface area contributed by atoms with E-state index in [1.165, 1.54) is 11.3 Å². The molecule has 0 aliphatic heterocycles. The molecule has 0 spiro atoms. The zero-order valence-corrected chi connectivity index (χ0v) is 7.88. The standard InChI is InChI=1S/C8H8N4S/c1-5-10-3-2-6(11-5)7-4-13-8(9)12-7/h2-4H,1H3,(H2,9,12). The molecular formula is C8H8N4S. The van der Waals surface area contributed by atoms with Crippen molar-refractivity contribution in [3.63, 3.8) is 0 Å². The molecule has 0 unspecified atom stereocenters. The maximum absolute atomic E-state index is 5.52. The Morgan fingerprint density at radius 2 is 2.15 bits per heavy atom. The monoisotopic (exact) mass is 192 g/mol. The van der Waals surface area contributed by atoms with Crippen molar-refractivity contribution in [2.75, 3.05) is 5.73 Å². The summed E-state index contributed by atoms with van der Waals surface area (Å²) in [5.74, 6) is 0.740. The number of hydrogen-bond donors (Lipinski definition) is 1.